The van der Waals surface area contributed by atoms with E-state index in [1.54, 1.807) is 0 Å². The number of pyridine rings is 1. The highest BCUT2D eigenvalue weighted by Gasteiger charge is 2.54. The van der Waals surface area contributed by atoms with E-state index in [9.17, 15) is 29.4 Å². The molecule has 0 radical (unpaired) electrons. The summed E-state index contributed by atoms with van der Waals surface area (Å²) in [5.74, 6) is -2.90. The molecule has 22 heteroatoms. The zero-order chi connectivity index (χ0) is 32.2. The van der Waals surface area contributed by atoms with Gasteiger partial charge in [0.1, 0.15) is 36.5 Å². The SMILES string of the molecule is CON=C(C(=O)N[C@@H]1C(=O)N2C(C(=O)O)=C(CSc3nnnn3Cc3cc(=O)c(O)cn3OCCO)CS[C@@H]12)c1csc(N)n1. The minimum Gasteiger partial charge on any atom is -0.503 e. The molecule has 1 fully saturated rings. The lowest BCUT2D eigenvalue weighted by Crippen LogP contribution is -2.71. The molecular formula is C23H24N10O9S3. The van der Waals surface area contributed by atoms with E-state index in [0.717, 1.165) is 45.0 Å². The molecule has 2 aliphatic heterocycles. The molecular weight excluding hydrogens is 657 g/mol. The third-order valence-corrected chi connectivity index (χ3v) is 9.34. The monoisotopic (exact) mass is 680 g/mol. The van der Waals surface area contributed by atoms with Crippen LogP contribution in [0.4, 0.5) is 5.13 Å². The third-order valence-electron chi connectivity index (χ3n) is 6.28. The number of carbonyl (C=O) groups is 3. The van der Waals surface area contributed by atoms with Crippen molar-refractivity contribution >= 4 is 63.5 Å². The molecule has 2 amide bonds. The number of hydrogen-bond donors (Lipinski definition) is 5. The van der Waals surface area contributed by atoms with Gasteiger partial charge in [-0.25, -0.2) is 14.5 Å². The summed E-state index contributed by atoms with van der Waals surface area (Å²) >= 11 is 3.47. The van der Waals surface area contributed by atoms with Crippen LogP contribution in [0.1, 0.15) is 11.4 Å². The Morgan fingerprint density at radius 3 is 2.82 bits per heavy atom. The van der Waals surface area contributed by atoms with Crippen LogP contribution in [0.25, 0.3) is 0 Å². The minimum absolute atomic E-state index is 0.0637. The molecule has 1 saturated heterocycles. The first-order chi connectivity index (χ1) is 21.6. The molecule has 0 saturated carbocycles. The van der Waals surface area contributed by atoms with E-state index < -0.39 is 40.4 Å². The van der Waals surface area contributed by atoms with Crippen LogP contribution in [0.3, 0.4) is 0 Å². The van der Waals surface area contributed by atoms with Gasteiger partial charge in [0.15, 0.2) is 16.6 Å². The molecule has 19 nitrogen and oxygen atoms in total. The van der Waals surface area contributed by atoms with Crippen molar-refractivity contribution < 1.29 is 39.4 Å². The van der Waals surface area contributed by atoms with Crippen molar-refractivity contribution in [1.29, 1.82) is 0 Å². The van der Waals surface area contributed by atoms with Crippen LogP contribution in [0.15, 0.2) is 44.0 Å². The van der Waals surface area contributed by atoms with Crippen molar-refractivity contribution in [2.75, 3.05) is 37.6 Å². The van der Waals surface area contributed by atoms with E-state index in [2.05, 4.69) is 31.0 Å². The quantitative estimate of drug-likeness (QED) is 0.0562. The molecule has 0 unspecified atom stereocenters. The Balaban J connectivity index is 1.29. The van der Waals surface area contributed by atoms with Gasteiger partial charge in [0.05, 0.1) is 25.0 Å². The first-order valence-electron chi connectivity index (χ1n) is 12.7. The summed E-state index contributed by atoms with van der Waals surface area (Å²) in [5, 5.41) is 48.0. The molecule has 2 aliphatic rings. The topological polar surface area (TPSA) is 262 Å². The van der Waals surface area contributed by atoms with E-state index >= 15 is 0 Å². The number of nitrogens with zero attached hydrogens (tertiary/aromatic N) is 8. The van der Waals surface area contributed by atoms with E-state index in [-0.39, 0.29) is 64.3 Å². The van der Waals surface area contributed by atoms with Crippen molar-refractivity contribution in [3.8, 4) is 5.75 Å². The van der Waals surface area contributed by atoms with Gasteiger partial charge in [-0.1, -0.05) is 16.9 Å². The number of thioether (sulfide) groups is 2. The van der Waals surface area contributed by atoms with Crippen molar-refractivity contribution in [3.63, 3.8) is 0 Å². The van der Waals surface area contributed by atoms with Crippen LogP contribution in [-0.4, -0.2) is 117 Å². The number of aliphatic carboxylic acids is 1. The molecule has 0 aliphatic carbocycles. The van der Waals surface area contributed by atoms with Crippen LogP contribution in [0.2, 0.25) is 0 Å². The van der Waals surface area contributed by atoms with E-state index in [4.69, 9.17) is 20.5 Å². The smallest absolute Gasteiger partial charge is 0.352 e. The first-order valence-corrected chi connectivity index (χ1v) is 15.6. The number of β-lactam (4-membered cyclic amide) rings is 1. The average molecular weight is 681 g/mol. The van der Waals surface area contributed by atoms with Gasteiger partial charge in [0, 0.05) is 23.0 Å². The Bertz CT molecular complexity index is 1750. The summed E-state index contributed by atoms with van der Waals surface area (Å²) in [6.45, 7) is -0.484. The molecule has 6 N–H and O–H groups in total. The summed E-state index contributed by atoms with van der Waals surface area (Å²) < 4.78 is 2.46. The van der Waals surface area contributed by atoms with Crippen LogP contribution in [0, 0.1) is 0 Å². The van der Waals surface area contributed by atoms with Gasteiger partial charge in [0.2, 0.25) is 10.6 Å². The number of carbonyl (C=O) groups excluding carboxylic acids is 2. The lowest BCUT2D eigenvalue weighted by atomic mass is 10.0. The second-order valence-corrected chi connectivity index (χ2v) is 12.1. The molecule has 3 aromatic heterocycles. The van der Waals surface area contributed by atoms with E-state index in [0.29, 0.717) is 5.57 Å². The lowest BCUT2D eigenvalue weighted by molar-refractivity contribution is -0.150. The van der Waals surface area contributed by atoms with Gasteiger partial charge in [-0.3, -0.25) is 19.3 Å². The number of carboxylic acids is 1. The number of aliphatic hydroxyl groups excluding tert-OH is 1. The molecule has 238 valence electrons. The number of hydrogen-bond acceptors (Lipinski definition) is 17. The Morgan fingerprint density at radius 2 is 2.13 bits per heavy atom. The van der Waals surface area contributed by atoms with Crippen LogP contribution >= 0.6 is 34.9 Å². The molecule has 0 spiro atoms. The Kier molecular flexibility index (Phi) is 9.55. The fourth-order valence-corrected chi connectivity index (χ4v) is 7.23. The number of anilines is 1. The Morgan fingerprint density at radius 1 is 1.33 bits per heavy atom. The highest BCUT2D eigenvalue weighted by atomic mass is 32.2. The van der Waals surface area contributed by atoms with Gasteiger partial charge in [-0.2, -0.15) is 4.73 Å². The minimum atomic E-state index is -1.32. The summed E-state index contributed by atoms with van der Waals surface area (Å²) in [4.78, 5) is 65.7. The number of fused-ring (bicyclic) bond motifs is 1. The highest BCUT2D eigenvalue weighted by Crippen LogP contribution is 2.41. The van der Waals surface area contributed by atoms with Gasteiger partial charge >= 0.3 is 5.97 Å². The molecule has 3 aromatic rings. The molecule has 45 heavy (non-hydrogen) atoms. The van der Waals surface area contributed by atoms with Crippen LogP contribution < -0.4 is 21.3 Å². The van der Waals surface area contributed by atoms with Gasteiger partial charge in [-0.15, -0.1) is 28.2 Å². The third kappa shape index (κ3) is 6.57. The van der Waals surface area contributed by atoms with Crippen molar-refractivity contribution in [2.24, 2.45) is 5.16 Å². The second-order valence-electron chi connectivity index (χ2n) is 9.12. The number of aromatic hydroxyl groups is 1. The van der Waals surface area contributed by atoms with Gasteiger partial charge in [0.25, 0.3) is 11.8 Å². The zero-order valence-corrected chi connectivity index (χ0v) is 25.5. The number of thiazole rings is 1. The number of carboxylic acid groups (broad SMARTS) is 1. The number of nitrogens with two attached hydrogens (primary N) is 1. The molecule has 0 aromatic carbocycles. The summed E-state index contributed by atoms with van der Waals surface area (Å²) in [7, 11) is 1.25. The summed E-state index contributed by atoms with van der Waals surface area (Å²) in [5.41, 5.74) is 5.45. The lowest BCUT2D eigenvalue weighted by Gasteiger charge is -2.49. The van der Waals surface area contributed by atoms with Crippen LogP contribution in [-0.2, 0) is 25.8 Å². The van der Waals surface area contributed by atoms with Crippen LogP contribution in [0.5, 0.6) is 5.75 Å². The predicted octanol–water partition coefficient (Wildman–Crippen LogP) is -2.07. The Labute approximate surface area is 264 Å². The number of oxime groups is 1. The number of nitrogens with one attached hydrogen (secondary N) is 1. The summed E-state index contributed by atoms with van der Waals surface area (Å²) in [6.07, 6.45) is 1.06. The standard InChI is InChI=1S/C23H24N10O9S3/c1-41-28-15(12-9-44-22(24)25-12)18(37)26-16-19(38)33-17(21(39)40)10(7-43-20(16)33)8-45-23-27-29-30-31(23)5-11-4-13(35)14(36)6-32(11)42-3-2-34/h4,6,9,16,20,34,36H,2-3,5,7-8H2,1H3,(H2,24,25)(H,26,37)(H,39,40)/t16-,20+/m1/s1. The molecule has 5 rings (SSSR count). The molecule has 5 heterocycles. The van der Waals surface area contributed by atoms with Crippen molar-refractivity contribution in [1.82, 2.24) is 40.1 Å². The zero-order valence-electron chi connectivity index (χ0n) is 23.1. The number of aliphatic hydroxyl groups is 1. The summed E-state index contributed by atoms with van der Waals surface area (Å²) in [6, 6.07) is 0.111. The maximum atomic E-state index is 13.1. The second kappa shape index (κ2) is 13.5. The van der Waals surface area contributed by atoms with E-state index in [1.807, 2.05) is 0 Å². The predicted molar refractivity (Wildman–Crippen MR) is 158 cm³/mol. The average Bonchev–Trinajstić information content (AvgIpc) is 3.65. The van der Waals surface area contributed by atoms with Gasteiger partial charge < -0.3 is 36.0 Å². The van der Waals surface area contributed by atoms with E-state index in [1.165, 1.54) is 28.9 Å². The molecule has 2 atom stereocenters. The Hall–Kier alpha value is -4.67. The maximum absolute atomic E-state index is 13.1. The first kappa shape index (κ1) is 31.7. The maximum Gasteiger partial charge on any atom is 0.352 e. The van der Waals surface area contributed by atoms with Crippen molar-refractivity contribution in [3.05, 3.63) is 50.5 Å². The van der Waals surface area contributed by atoms with Crippen molar-refractivity contribution in [2.45, 2.75) is 23.1 Å². The fraction of sp³-hybridized carbons (Fsp3) is 0.348. The number of tetrazole rings is 1. The highest BCUT2D eigenvalue weighted by molar-refractivity contribution is 8.01. The number of aromatic nitrogens is 6. The van der Waals surface area contributed by atoms with Gasteiger partial charge in [-0.05, 0) is 16.0 Å². The number of rotatable bonds is 13. The largest absolute Gasteiger partial charge is 0.503 e. The number of amides is 2. The normalized spacial score (nSPS) is 18.0. The molecule has 0 bridgehead atoms. The number of nitrogen functional groups attached to an aromatic ring is 1. The fourth-order valence-electron chi connectivity index (χ4n) is 4.32.